The lowest BCUT2D eigenvalue weighted by Crippen LogP contribution is -2.23. The molecule has 0 radical (unpaired) electrons. The summed E-state index contributed by atoms with van der Waals surface area (Å²) in [6.07, 6.45) is 0.963. The molecule has 24 heavy (non-hydrogen) atoms. The van der Waals surface area contributed by atoms with Crippen LogP contribution in [0.1, 0.15) is 23.6 Å². The number of hydrogen-bond acceptors (Lipinski definition) is 1. The minimum atomic E-state index is -0.394. The van der Waals surface area contributed by atoms with Crippen LogP contribution in [0.25, 0.3) is 0 Å². The summed E-state index contributed by atoms with van der Waals surface area (Å²) in [6, 6.07) is 31.3. The van der Waals surface area contributed by atoms with Crippen LogP contribution in [0.4, 0.5) is 0 Å². The maximum absolute atomic E-state index is 11.4. The van der Waals surface area contributed by atoms with Gasteiger partial charge in [0.2, 0.25) is 0 Å². The minimum absolute atomic E-state index is 0.394. The lowest BCUT2D eigenvalue weighted by atomic mass is 9.84. The fourth-order valence-electron chi connectivity index (χ4n) is 3.02. The van der Waals surface area contributed by atoms with Crippen molar-refractivity contribution in [3.05, 3.63) is 108 Å². The molecule has 0 saturated heterocycles. The molecule has 0 N–H and O–H groups in total. The Balaban J connectivity index is 2.39. The van der Waals surface area contributed by atoms with E-state index in [0.717, 1.165) is 19.8 Å². The Hall–Kier alpha value is -2.50. The zero-order valence-electron chi connectivity index (χ0n) is 13.6. The van der Waals surface area contributed by atoms with Crippen LogP contribution in [-0.4, -0.2) is 11.6 Å². The van der Waals surface area contributed by atoms with Crippen LogP contribution in [0.2, 0.25) is 0 Å². The van der Waals surface area contributed by atoms with Crippen LogP contribution in [0.15, 0.2) is 91.0 Å². The predicted molar refractivity (Wildman–Crippen MR) is 103 cm³/mol. The van der Waals surface area contributed by atoms with Crippen molar-refractivity contribution >= 4 is 19.8 Å². The summed E-state index contributed by atoms with van der Waals surface area (Å²) >= 11 is 0. The van der Waals surface area contributed by atoms with Gasteiger partial charge in [-0.25, -0.2) is 0 Å². The van der Waals surface area contributed by atoms with Crippen LogP contribution in [0, 0.1) is 0 Å². The molecule has 0 aliphatic carbocycles. The Kier molecular flexibility index (Phi) is 5.03. The van der Waals surface area contributed by atoms with Crippen LogP contribution in [0.3, 0.4) is 0 Å². The van der Waals surface area contributed by atoms with E-state index in [4.69, 9.17) is 0 Å². The van der Waals surface area contributed by atoms with Crippen LogP contribution < -0.4 is 0 Å². The zero-order chi connectivity index (χ0) is 16.8. The quantitative estimate of drug-likeness (QED) is 0.352. The average Bonchev–Trinajstić information content (AvgIpc) is 2.68. The third kappa shape index (κ3) is 3.09. The molecule has 0 bridgehead atoms. The van der Waals surface area contributed by atoms with Gasteiger partial charge in [0.25, 0.3) is 0 Å². The molecular weight excluding hydrogens is 311 g/mol. The highest BCUT2D eigenvalue weighted by Crippen LogP contribution is 2.48. The smallest absolute Gasteiger partial charge is 0.150 e. The number of carbonyl (C=O) groups excluding carboxylic acids is 1. The molecule has 0 amide bonds. The molecule has 0 aromatic heterocycles. The summed E-state index contributed by atoms with van der Waals surface area (Å²) in [5.41, 5.74) is 3.56. The third-order valence-electron chi connectivity index (χ3n) is 4.09. The summed E-state index contributed by atoms with van der Waals surface area (Å²) in [4.78, 5) is 11.4. The van der Waals surface area contributed by atoms with E-state index in [1.807, 2.05) is 25.1 Å². The summed E-state index contributed by atoms with van der Waals surface area (Å²) < 4.78 is 0. The fourth-order valence-corrected chi connectivity index (χ4v) is 4.44. The second-order valence-electron chi connectivity index (χ2n) is 5.68. The van der Waals surface area contributed by atoms with Gasteiger partial charge in [-0.2, -0.15) is 0 Å². The van der Waals surface area contributed by atoms with E-state index < -0.39 is 5.16 Å². The predicted octanol–water partition coefficient (Wildman–Crippen LogP) is 5.32. The van der Waals surface area contributed by atoms with Gasteiger partial charge in [-0.15, -0.1) is 0 Å². The minimum Gasteiger partial charge on any atom is -0.298 e. The largest absolute Gasteiger partial charge is 0.298 e. The SMILES string of the molecule is C/C(C=O)=P\C(c1ccccc1)(c1ccccc1)c1ccccc1. The lowest BCUT2D eigenvalue weighted by Gasteiger charge is -2.32. The highest BCUT2D eigenvalue weighted by Gasteiger charge is 2.34. The molecule has 0 atom stereocenters. The fraction of sp³-hybridized carbons (Fsp3) is 0.0909. The van der Waals surface area contributed by atoms with E-state index in [1.165, 1.54) is 16.7 Å². The van der Waals surface area contributed by atoms with Gasteiger partial charge < -0.3 is 0 Å². The van der Waals surface area contributed by atoms with Gasteiger partial charge in [-0.05, 0) is 23.6 Å². The first-order valence-electron chi connectivity index (χ1n) is 7.95. The van der Waals surface area contributed by atoms with Gasteiger partial charge >= 0.3 is 0 Å². The van der Waals surface area contributed by atoms with E-state index in [-0.39, 0.29) is 0 Å². The Labute approximate surface area is 144 Å². The Bertz CT molecular complexity index is 727. The average molecular weight is 330 g/mol. The number of hydrogen-bond donors (Lipinski definition) is 0. The molecular formula is C22H19OP. The van der Waals surface area contributed by atoms with Gasteiger partial charge in [0.1, 0.15) is 6.29 Å². The van der Waals surface area contributed by atoms with Gasteiger partial charge in [0.15, 0.2) is 0 Å². The number of rotatable bonds is 5. The van der Waals surface area contributed by atoms with Crippen molar-refractivity contribution < 1.29 is 4.79 Å². The maximum Gasteiger partial charge on any atom is 0.150 e. The topological polar surface area (TPSA) is 17.1 Å². The van der Waals surface area contributed by atoms with E-state index >= 15 is 0 Å². The number of benzene rings is 3. The first-order valence-corrected chi connectivity index (χ1v) is 8.85. The van der Waals surface area contributed by atoms with Crippen molar-refractivity contribution in [1.29, 1.82) is 0 Å². The van der Waals surface area contributed by atoms with Gasteiger partial charge in [-0.3, -0.25) is 4.79 Å². The van der Waals surface area contributed by atoms with Gasteiger partial charge in [0.05, 0.1) is 5.16 Å². The summed E-state index contributed by atoms with van der Waals surface area (Å²) in [7, 11) is 0.974. The van der Waals surface area contributed by atoms with Crippen molar-refractivity contribution in [3.8, 4) is 0 Å². The van der Waals surface area contributed by atoms with Crippen molar-refractivity contribution in [2.24, 2.45) is 0 Å². The molecule has 0 aliphatic rings. The van der Waals surface area contributed by atoms with Crippen molar-refractivity contribution in [2.45, 2.75) is 12.1 Å². The standard InChI is InChI=1S/C22H19OP/c1-18(17-23)24-22(19-11-5-2-6-12-19,20-13-7-3-8-14-20)21-15-9-4-10-16-21/h2-17H,1H3. The molecule has 3 aromatic rings. The second-order valence-corrected chi connectivity index (χ2v) is 7.28. The summed E-state index contributed by atoms with van der Waals surface area (Å²) in [5.74, 6) is 0. The molecule has 0 saturated carbocycles. The van der Waals surface area contributed by atoms with E-state index in [2.05, 4.69) is 72.8 Å². The maximum atomic E-state index is 11.4. The molecule has 0 heterocycles. The molecule has 118 valence electrons. The normalized spacial score (nSPS) is 12.0. The molecule has 3 rings (SSSR count). The van der Waals surface area contributed by atoms with Crippen molar-refractivity contribution in [1.82, 2.24) is 0 Å². The number of aldehydes is 1. The molecule has 3 aromatic carbocycles. The second kappa shape index (κ2) is 7.38. The Morgan fingerprint density at radius 2 is 1.04 bits per heavy atom. The van der Waals surface area contributed by atoms with Gasteiger partial charge in [-0.1, -0.05) is 99.2 Å². The number of carbonyl (C=O) groups is 1. The molecule has 0 unspecified atom stereocenters. The first kappa shape index (κ1) is 16.4. The molecule has 1 nitrogen and oxygen atoms in total. The van der Waals surface area contributed by atoms with E-state index in [9.17, 15) is 4.79 Å². The van der Waals surface area contributed by atoms with Gasteiger partial charge in [0, 0.05) is 5.29 Å². The zero-order valence-corrected chi connectivity index (χ0v) is 14.5. The molecule has 0 aliphatic heterocycles. The van der Waals surface area contributed by atoms with E-state index in [1.54, 1.807) is 0 Å². The van der Waals surface area contributed by atoms with Crippen LogP contribution in [-0.2, 0) is 9.95 Å². The summed E-state index contributed by atoms with van der Waals surface area (Å²) in [6.45, 7) is 1.90. The molecule has 2 heteroatoms. The monoisotopic (exact) mass is 330 g/mol. The first-order chi connectivity index (χ1) is 11.8. The Morgan fingerprint density at radius 1 is 0.708 bits per heavy atom. The Morgan fingerprint density at radius 3 is 1.33 bits per heavy atom. The highest BCUT2D eigenvalue weighted by atomic mass is 31.1. The molecule has 0 spiro atoms. The van der Waals surface area contributed by atoms with E-state index in [0.29, 0.717) is 0 Å². The van der Waals surface area contributed by atoms with Crippen LogP contribution in [0.5, 0.6) is 0 Å². The highest BCUT2D eigenvalue weighted by molar-refractivity contribution is 7.45. The molecule has 0 fully saturated rings. The summed E-state index contributed by atoms with van der Waals surface area (Å²) in [5, 5.41) is 0.418. The lowest BCUT2D eigenvalue weighted by molar-refractivity contribution is -0.102. The van der Waals surface area contributed by atoms with Crippen molar-refractivity contribution in [2.75, 3.05) is 0 Å². The van der Waals surface area contributed by atoms with Crippen molar-refractivity contribution in [3.63, 3.8) is 0 Å². The van der Waals surface area contributed by atoms with Crippen LogP contribution >= 0.6 is 8.20 Å². The third-order valence-corrected chi connectivity index (χ3v) is 5.66.